The third-order valence-electron chi connectivity index (χ3n) is 12.5. The second-order valence-corrected chi connectivity index (χ2v) is 17.9. The van der Waals surface area contributed by atoms with Crippen molar-refractivity contribution in [1.82, 2.24) is 0 Å². The summed E-state index contributed by atoms with van der Waals surface area (Å²) in [5.41, 5.74) is 23.7. The number of benzene rings is 6. The molecule has 0 atom stereocenters. The molecule has 0 saturated carbocycles. The second-order valence-electron chi connectivity index (χ2n) is 17.9. The van der Waals surface area contributed by atoms with Gasteiger partial charge >= 0.3 is 0 Å². The zero-order chi connectivity index (χ0) is 39.1. The normalized spacial score (nSPS) is 13.2. The van der Waals surface area contributed by atoms with E-state index in [9.17, 15) is 0 Å². The SMILES string of the molecule is CCCCCCCCc1ccc(C2(c3ccc(C(C)(C)C)cc3)c3cc(-c4c(C)cc(C)cc4C)ccc3-c3ccc(-c4c(C)cc(C)cc4C)cc32)cc1. The van der Waals surface area contributed by atoms with E-state index in [0.717, 1.165) is 6.42 Å². The molecular formula is C55H62. The smallest absolute Gasteiger partial charge is 0.0654 e. The van der Waals surface area contributed by atoms with Gasteiger partial charge in [0.15, 0.2) is 0 Å². The Kier molecular flexibility index (Phi) is 10.8. The van der Waals surface area contributed by atoms with Crippen LogP contribution >= 0.6 is 0 Å². The van der Waals surface area contributed by atoms with Gasteiger partial charge in [0.2, 0.25) is 0 Å². The Labute approximate surface area is 333 Å². The van der Waals surface area contributed by atoms with E-state index in [2.05, 4.69) is 178 Å². The van der Waals surface area contributed by atoms with Crippen molar-refractivity contribution in [3.05, 3.63) is 176 Å². The van der Waals surface area contributed by atoms with Gasteiger partial charge < -0.3 is 0 Å². The average Bonchev–Trinajstić information content (AvgIpc) is 3.42. The molecule has 0 saturated heterocycles. The summed E-state index contributed by atoms with van der Waals surface area (Å²) in [4.78, 5) is 0. The van der Waals surface area contributed by atoms with Crippen LogP contribution in [0.5, 0.6) is 0 Å². The molecule has 0 aliphatic heterocycles. The van der Waals surface area contributed by atoms with Crippen molar-refractivity contribution < 1.29 is 0 Å². The predicted octanol–water partition coefficient (Wildman–Crippen LogP) is 15.4. The number of rotatable bonds is 11. The van der Waals surface area contributed by atoms with Crippen LogP contribution in [0.15, 0.2) is 109 Å². The van der Waals surface area contributed by atoms with Crippen LogP contribution in [-0.2, 0) is 17.3 Å². The highest BCUT2D eigenvalue weighted by Crippen LogP contribution is 2.58. The first-order valence-electron chi connectivity index (χ1n) is 21.0. The quantitative estimate of drug-likeness (QED) is 0.117. The first kappa shape index (κ1) is 38.6. The molecule has 0 nitrogen and oxygen atoms in total. The van der Waals surface area contributed by atoms with Crippen LogP contribution in [0.4, 0.5) is 0 Å². The van der Waals surface area contributed by atoms with E-state index >= 15 is 0 Å². The van der Waals surface area contributed by atoms with Gasteiger partial charge in [0.25, 0.3) is 0 Å². The minimum absolute atomic E-state index is 0.0662. The summed E-state index contributed by atoms with van der Waals surface area (Å²) in [6.07, 6.45) is 9.06. The number of unbranched alkanes of at least 4 members (excludes halogenated alkanes) is 5. The minimum atomic E-state index is -0.495. The summed E-state index contributed by atoms with van der Waals surface area (Å²) < 4.78 is 0. The maximum Gasteiger partial charge on any atom is 0.0714 e. The van der Waals surface area contributed by atoms with Gasteiger partial charge in [-0.1, -0.05) is 168 Å². The monoisotopic (exact) mass is 722 g/mol. The summed E-state index contributed by atoms with van der Waals surface area (Å²) in [6, 6.07) is 43.5. The molecule has 55 heavy (non-hydrogen) atoms. The van der Waals surface area contributed by atoms with Gasteiger partial charge in [0.1, 0.15) is 0 Å². The van der Waals surface area contributed by atoms with Crippen molar-refractivity contribution in [1.29, 1.82) is 0 Å². The van der Waals surface area contributed by atoms with Crippen LogP contribution in [-0.4, -0.2) is 0 Å². The molecule has 0 N–H and O–H groups in total. The Morgan fingerprint density at radius 2 is 0.873 bits per heavy atom. The third-order valence-corrected chi connectivity index (χ3v) is 12.5. The molecule has 0 aromatic heterocycles. The number of aryl methyl sites for hydroxylation is 7. The summed E-state index contributed by atoms with van der Waals surface area (Å²) in [7, 11) is 0. The highest BCUT2D eigenvalue weighted by molar-refractivity contribution is 5.91. The number of hydrogen-bond donors (Lipinski definition) is 0. The molecule has 1 aliphatic carbocycles. The summed E-state index contributed by atoms with van der Waals surface area (Å²) in [5.74, 6) is 0. The zero-order valence-electron chi connectivity index (χ0n) is 35.3. The maximum absolute atomic E-state index is 2.55. The van der Waals surface area contributed by atoms with E-state index in [4.69, 9.17) is 0 Å². The Balaban J connectivity index is 1.49. The lowest BCUT2D eigenvalue weighted by Gasteiger charge is -2.35. The van der Waals surface area contributed by atoms with E-state index in [-0.39, 0.29) is 5.41 Å². The summed E-state index contributed by atoms with van der Waals surface area (Å²) >= 11 is 0. The van der Waals surface area contributed by atoms with Crippen molar-refractivity contribution in [2.24, 2.45) is 0 Å². The lowest BCUT2D eigenvalue weighted by molar-refractivity contribution is 0.589. The minimum Gasteiger partial charge on any atom is -0.0654 e. The molecule has 6 aromatic rings. The average molecular weight is 723 g/mol. The zero-order valence-corrected chi connectivity index (χ0v) is 35.3. The molecule has 7 rings (SSSR count). The molecule has 0 spiro atoms. The predicted molar refractivity (Wildman–Crippen MR) is 239 cm³/mol. The van der Waals surface area contributed by atoms with Gasteiger partial charge in [0.05, 0.1) is 5.41 Å². The highest BCUT2D eigenvalue weighted by Gasteiger charge is 2.46. The Morgan fingerprint density at radius 1 is 0.455 bits per heavy atom. The van der Waals surface area contributed by atoms with Crippen LogP contribution in [0.3, 0.4) is 0 Å². The van der Waals surface area contributed by atoms with Gasteiger partial charge in [-0.3, -0.25) is 0 Å². The van der Waals surface area contributed by atoms with Gasteiger partial charge in [-0.05, 0) is 161 Å². The fraction of sp³-hybridized carbons (Fsp3) is 0.345. The van der Waals surface area contributed by atoms with Crippen LogP contribution < -0.4 is 0 Å². The van der Waals surface area contributed by atoms with Crippen LogP contribution in [0.1, 0.15) is 133 Å². The molecule has 0 unspecified atom stereocenters. The molecule has 0 radical (unpaired) electrons. The van der Waals surface area contributed by atoms with Gasteiger partial charge in [-0.2, -0.15) is 0 Å². The number of hydrogen-bond acceptors (Lipinski definition) is 0. The topological polar surface area (TPSA) is 0 Å². The molecule has 0 heteroatoms. The van der Waals surface area contributed by atoms with E-state index in [1.807, 2.05) is 0 Å². The molecule has 6 aromatic carbocycles. The summed E-state index contributed by atoms with van der Waals surface area (Å²) in [6.45, 7) is 22.8. The van der Waals surface area contributed by atoms with Crippen LogP contribution in [0, 0.1) is 41.5 Å². The molecule has 282 valence electrons. The van der Waals surface area contributed by atoms with E-state index in [1.54, 1.807) is 0 Å². The lowest BCUT2D eigenvalue weighted by Crippen LogP contribution is -2.29. The number of fused-ring (bicyclic) bond motifs is 3. The highest BCUT2D eigenvalue weighted by atomic mass is 14.5. The van der Waals surface area contributed by atoms with E-state index in [0.29, 0.717) is 0 Å². The standard InChI is InChI=1S/C55H62/c1-11-12-13-14-15-16-17-42-18-22-46(23-19-42)55(47-26-24-45(25-27-47)54(8,9)10)50-34-43(52-38(4)30-36(2)31-39(52)5)20-28-48(50)49-29-21-44(35-51(49)55)53-40(6)32-37(3)33-41(53)7/h18-35H,11-17H2,1-10H3. The fourth-order valence-electron chi connectivity index (χ4n) is 9.95. The molecule has 0 amide bonds. The third kappa shape index (κ3) is 7.26. The first-order valence-corrected chi connectivity index (χ1v) is 21.0. The van der Waals surface area contributed by atoms with E-state index in [1.165, 1.54) is 139 Å². The Hall–Kier alpha value is -4.68. The maximum atomic E-state index is 2.55. The van der Waals surface area contributed by atoms with Crippen molar-refractivity contribution in [2.45, 2.75) is 125 Å². The van der Waals surface area contributed by atoms with Gasteiger partial charge in [-0.15, -0.1) is 0 Å². The molecule has 0 heterocycles. The molecule has 0 bridgehead atoms. The van der Waals surface area contributed by atoms with Crippen molar-refractivity contribution in [2.75, 3.05) is 0 Å². The second kappa shape index (κ2) is 15.5. The largest absolute Gasteiger partial charge is 0.0714 e. The van der Waals surface area contributed by atoms with Gasteiger partial charge in [-0.25, -0.2) is 0 Å². The molecular weight excluding hydrogens is 661 g/mol. The van der Waals surface area contributed by atoms with Crippen molar-refractivity contribution in [3.8, 4) is 33.4 Å². The molecule has 0 fully saturated rings. The van der Waals surface area contributed by atoms with Gasteiger partial charge in [0, 0.05) is 0 Å². The van der Waals surface area contributed by atoms with Crippen LogP contribution in [0.25, 0.3) is 33.4 Å². The van der Waals surface area contributed by atoms with Crippen molar-refractivity contribution in [3.63, 3.8) is 0 Å². The fourth-order valence-corrected chi connectivity index (χ4v) is 9.95. The summed E-state index contributed by atoms with van der Waals surface area (Å²) in [5, 5.41) is 0. The van der Waals surface area contributed by atoms with Crippen molar-refractivity contribution >= 4 is 0 Å². The lowest BCUT2D eigenvalue weighted by atomic mass is 9.66. The molecule has 1 aliphatic rings. The first-order chi connectivity index (χ1) is 26.3. The Bertz CT molecular complexity index is 2170. The Morgan fingerprint density at radius 3 is 1.31 bits per heavy atom. The van der Waals surface area contributed by atoms with E-state index < -0.39 is 5.41 Å². The van der Waals surface area contributed by atoms with Crippen LogP contribution in [0.2, 0.25) is 0 Å².